The molecule has 0 saturated heterocycles. The molecule has 2 N–H and O–H groups in total. The molecular formula is C22H27N5O4. The minimum atomic E-state index is -0.618. The van der Waals surface area contributed by atoms with Gasteiger partial charge in [0.15, 0.2) is 5.78 Å². The highest BCUT2D eigenvalue weighted by atomic mass is 16.6. The minimum absolute atomic E-state index is 0.0628. The molecule has 0 saturated carbocycles. The molecule has 0 heterocycles. The lowest BCUT2D eigenvalue weighted by Crippen LogP contribution is -2.28. The Kier molecular flexibility index (Phi) is 6.67. The number of carbonyl (C=O) groups is 2. The fourth-order valence-electron chi connectivity index (χ4n) is 3.58. The SMILES string of the molecule is CN(C)CCNc1ccc(NCCN(C)C)c2c1C(=O)c1cccc([N+](=O)[O-])c1C2=O. The van der Waals surface area contributed by atoms with Crippen LogP contribution in [0.25, 0.3) is 0 Å². The Bertz CT molecular complexity index is 1030. The van der Waals surface area contributed by atoms with Gasteiger partial charge in [-0.25, -0.2) is 0 Å². The van der Waals surface area contributed by atoms with Crippen molar-refractivity contribution in [1.82, 2.24) is 9.80 Å². The minimum Gasteiger partial charge on any atom is -0.383 e. The van der Waals surface area contributed by atoms with Crippen LogP contribution >= 0.6 is 0 Å². The second-order valence-corrected chi connectivity index (χ2v) is 7.99. The van der Waals surface area contributed by atoms with Crippen molar-refractivity contribution < 1.29 is 14.5 Å². The number of carbonyl (C=O) groups excluding carboxylic acids is 2. The largest absolute Gasteiger partial charge is 0.383 e. The summed E-state index contributed by atoms with van der Waals surface area (Å²) >= 11 is 0. The molecule has 0 fully saturated rings. The number of nitro groups is 1. The molecule has 0 spiro atoms. The number of hydrogen-bond acceptors (Lipinski definition) is 8. The molecule has 1 aliphatic rings. The van der Waals surface area contributed by atoms with E-state index in [1.54, 1.807) is 12.1 Å². The first-order valence-electron chi connectivity index (χ1n) is 10.0. The summed E-state index contributed by atoms with van der Waals surface area (Å²) in [4.78, 5) is 41.8. The lowest BCUT2D eigenvalue weighted by molar-refractivity contribution is -0.385. The van der Waals surface area contributed by atoms with E-state index in [-0.39, 0.29) is 27.9 Å². The molecule has 164 valence electrons. The lowest BCUT2D eigenvalue weighted by Gasteiger charge is -2.24. The number of hydrogen-bond donors (Lipinski definition) is 2. The van der Waals surface area contributed by atoms with Crippen molar-refractivity contribution in [2.75, 3.05) is 65.0 Å². The van der Waals surface area contributed by atoms with E-state index in [9.17, 15) is 19.7 Å². The summed E-state index contributed by atoms with van der Waals surface area (Å²) < 4.78 is 0. The van der Waals surface area contributed by atoms with Gasteiger partial charge in [-0.3, -0.25) is 19.7 Å². The van der Waals surface area contributed by atoms with Crippen LogP contribution in [0, 0.1) is 10.1 Å². The normalized spacial score (nSPS) is 12.7. The molecule has 1 aliphatic carbocycles. The zero-order valence-electron chi connectivity index (χ0n) is 18.2. The average Bonchev–Trinajstić information content (AvgIpc) is 2.71. The summed E-state index contributed by atoms with van der Waals surface area (Å²) in [5.74, 6) is -0.905. The summed E-state index contributed by atoms with van der Waals surface area (Å²) in [6, 6.07) is 7.69. The molecule has 31 heavy (non-hydrogen) atoms. The van der Waals surface area contributed by atoms with Crippen molar-refractivity contribution in [3.8, 4) is 0 Å². The zero-order chi connectivity index (χ0) is 22.7. The van der Waals surface area contributed by atoms with Crippen molar-refractivity contribution in [2.45, 2.75) is 0 Å². The van der Waals surface area contributed by atoms with E-state index >= 15 is 0 Å². The molecule has 2 aromatic carbocycles. The summed E-state index contributed by atoms with van der Waals surface area (Å²) in [6.45, 7) is 2.59. The molecule has 0 aliphatic heterocycles. The molecule has 0 amide bonds. The number of rotatable bonds is 9. The number of likely N-dealkylation sites (N-methyl/N-ethyl adjacent to an activating group) is 2. The topological polar surface area (TPSA) is 108 Å². The fourth-order valence-corrected chi connectivity index (χ4v) is 3.58. The molecule has 0 radical (unpaired) electrons. The molecular weight excluding hydrogens is 398 g/mol. The van der Waals surface area contributed by atoms with E-state index in [0.717, 1.165) is 13.1 Å². The van der Waals surface area contributed by atoms with Crippen molar-refractivity contribution >= 4 is 28.6 Å². The second-order valence-electron chi connectivity index (χ2n) is 7.99. The molecule has 0 bridgehead atoms. The monoisotopic (exact) mass is 425 g/mol. The van der Waals surface area contributed by atoms with Crippen LogP contribution in [0.5, 0.6) is 0 Å². The maximum Gasteiger partial charge on any atom is 0.281 e. The first-order valence-corrected chi connectivity index (χ1v) is 10.0. The van der Waals surface area contributed by atoms with Crippen LogP contribution in [0.3, 0.4) is 0 Å². The van der Waals surface area contributed by atoms with Crippen LogP contribution in [0.15, 0.2) is 30.3 Å². The van der Waals surface area contributed by atoms with Crippen molar-refractivity contribution in [2.24, 2.45) is 0 Å². The molecule has 2 aromatic rings. The summed E-state index contributed by atoms with van der Waals surface area (Å²) in [5.41, 5.74) is 1.04. The average molecular weight is 425 g/mol. The van der Waals surface area contributed by atoms with Gasteiger partial charge in [0.2, 0.25) is 5.78 Å². The van der Waals surface area contributed by atoms with Crippen LogP contribution in [-0.2, 0) is 0 Å². The van der Waals surface area contributed by atoms with Gasteiger partial charge in [-0.1, -0.05) is 6.07 Å². The third kappa shape index (κ3) is 4.57. The zero-order valence-corrected chi connectivity index (χ0v) is 18.2. The molecule has 0 unspecified atom stereocenters. The molecule has 9 nitrogen and oxygen atoms in total. The van der Waals surface area contributed by atoms with Gasteiger partial charge in [-0.15, -0.1) is 0 Å². The van der Waals surface area contributed by atoms with Gasteiger partial charge in [-0.2, -0.15) is 0 Å². The highest BCUT2D eigenvalue weighted by Gasteiger charge is 2.38. The Morgan fingerprint density at radius 2 is 1.32 bits per heavy atom. The van der Waals surface area contributed by atoms with E-state index < -0.39 is 16.5 Å². The lowest BCUT2D eigenvalue weighted by atomic mass is 9.81. The van der Waals surface area contributed by atoms with E-state index in [4.69, 9.17) is 0 Å². The van der Waals surface area contributed by atoms with Crippen LogP contribution in [0.4, 0.5) is 17.1 Å². The van der Waals surface area contributed by atoms with Crippen LogP contribution in [-0.4, -0.2) is 80.7 Å². The Hall–Kier alpha value is -3.30. The van der Waals surface area contributed by atoms with E-state index in [0.29, 0.717) is 24.5 Å². The summed E-state index contributed by atoms with van der Waals surface area (Å²) in [7, 11) is 7.75. The number of benzene rings is 2. The van der Waals surface area contributed by atoms with E-state index in [1.165, 1.54) is 18.2 Å². The highest BCUT2D eigenvalue weighted by Crippen LogP contribution is 2.39. The molecule has 9 heteroatoms. The Labute approximate surface area is 181 Å². The van der Waals surface area contributed by atoms with E-state index in [1.807, 2.05) is 38.0 Å². The van der Waals surface area contributed by atoms with Gasteiger partial charge >= 0.3 is 0 Å². The van der Waals surface area contributed by atoms with Crippen LogP contribution in [0.1, 0.15) is 31.8 Å². The van der Waals surface area contributed by atoms with Gasteiger partial charge in [0.05, 0.1) is 16.1 Å². The standard InChI is InChI=1S/C22H27N5O4/c1-25(2)12-10-23-15-8-9-16(24-11-13-26(3)4)20-19(15)21(28)14-6-5-7-17(27(30)31)18(14)22(20)29/h5-9,23-24H,10-13H2,1-4H3. The third-order valence-corrected chi connectivity index (χ3v) is 5.12. The fraction of sp³-hybridized carbons (Fsp3) is 0.364. The first-order chi connectivity index (χ1) is 14.7. The van der Waals surface area contributed by atoms with Gasteiger partial charge in [-0.05, 0) is 46.4 Å². The number of nitrogens with zero attached hydrogens (tertiary/aromatic N) is 3. The van der Waals surface area contributed by atoms with Crippen LogP contribution in [0.2, 0.25) is 0 Å². The summed E-state index contributed by atoms with van der Waals surface area (Å²) in [6.07, 6.45) is 0. The Balaban J connectivity index is 2.12. The third-order valence-electron chi connectivity index (χ3n) is 5.12. The first kappa shape index (κ1) is 22.4. The smallest absolute Gasteiger partial charge is 0.281 e. The number of fused-ring (bicyclic) bond motifs is 2. The van der Waals surface area contributed by atoms with Gasteiger partial charge in [0.1, 0.15) is 5.56 Å². The van der Waals surface area contributed by atoms with Gasteiger partial charge < -0.3 is 20.4 Å². The second kappa shape index (κ2) is 9.23. The maximum absolute atomic E-state index is 13.5. The highest BCUT2D eigenvalue weighted by molar-refractivity contribution is 6.33. The van der Waals surface area contributed by atoms with Gasteiger partial charge in [0, 0.05) is 49.2 Å². The molecule has 0 atom stereocenters. The molecule has 3 rings (SSSR count). The number of nitro benzene ring substituents is 1. The Morgan fingerprint density at radius 3 is 1.81 bits per heavy atom. The maximum atomic E-state index is 13.5. The summed E-state index contributed by atoms with van der Waals surface area (Å²) in [5, 5.41) is 18.0. The number of ketones is 2. The van der Waals surface area contributed by atoms with E-state index in [2.05, 4.69) is 10.6 Å². The number of anilines is 2. The van der Waals surface area contributed by atoms with Crippen molar-refractivity contribution in [1.29, 1.82) is 0 Å². The predicted octanol–water partition coefficient (Wildman–Crippen LogP) is 2.32. The predicted molar refractivity (Wildman–Crippen MR) is 120 cm³/mol. The van der Waals surface area contributed by atoms with Gasteiger partial charge in [0.25, 0.3) is 5.69 Å². The van der Waals surface area contributed by atoms with Crippen LogP contribution < -0.4 is 10.6 Å². The molecule has 0 aromatic heterocycles. The van der Waals surface area contributed by atoms with Crippen molar-refractivity contribution in [3.05, 3.63) is 62.7 Å². The quantitative estimate of drug-likeness (QED) is 0.397. The van der Waals surface area contributed by atoms with Crippen molar-refractivity contribution in [3.63, 3.8) is 0 Å². The number of nitrogens with one attached hydrogen (secondary N) is 2. The Morgan fingerprint density at radius 1 is 0.806 bits per heavy atom.